The molecule has 13 heavy (non-hydrogen) atoms. The summed E-state index contributed by atoms with van der Waals surface area (Å²) in [4.78, 5) is 1.70. The minimum absolute atomic E-state index is 0.824. The Labute approximate surface area is 85.5 Å². The van der Waals surface area contributed by atoms with Gasteiger partial charge < -0.3 is 0 Å². The summed E-state index contributed by atoms with van der Waals surface area (Å²) in [5.41, 5.74) is 1.64. The van der Waals surface area contributed by atoms with Crippen molar-refractivity contribution in [1.82, 2.24) is 0 Å². The van der Waals surface area contributed by atoms with Crippen molar-refractivity contribution in [3.05, 3.63) is 22.6 Å². The first-order valence-corrected chi connectivity index (χ1v) is 6.39. The van der Waals surface area contributed by atoms with Gasteiger partial charge in [0.05, 0.1) is 0 Å². The van der Waals surface area contributed by atoms with E-state index < -0.39 is 0 Å². The van der Waals surface area contributed by atoms with Gasteiger partial charge in [-0.25, -0.2) is 0 Å². The Kier molecular flexibility index (Phi) is 3.15. The zero-order chi connectivity index (χ0) is 9.10. The molecule has 1 heteroatoms. The Hall–Kier alpha value is -0.170. The van der Waals surface area contributed by atoms with Crippen LogP contribution in [0.15, 0.2) is 22.6 Å². The van der Waals surface area contributed by atoms with Crippen LogP contribution in [0.3, 0.4) is 0 Å². The van der Waals surface area contributed by atoms with Gasteiger partial charge in [-0.3, -0.25) is 0 Å². The minimum atomic E-state index is 0.824. The van der Waals surface area contributed by atoms with Gasteiger partial charge >= 0.3 is 0 Å². The highest BCUT2D eigenvalue weighted by Gasteiger charge is 2.17. The molecule has 0 saturated carbocycles. The predicted octanol–water partition coefficient (Wildman–Crippen LogP) is 4.14. The van der Waals surface area contributed by atoms with E-state index in [9.17, 15) is 0 Å². The van der Waals surface area contributed by atoms with Gasteiger partial charge in [-0.15, -0.1) is 11.8 Å². The summed E-state index contributed by atoms with van der Waals surface area (Å²) in [5, 5.41) is 0. The summed E-state index contributed by atoms with van der Waals surface area (Å²) < 4.78 is 0. The molecule has 0 bridgehead atoms. The van der Waals surface area contributed by atoms with Crippen LogP contribution in [0.25, 0.3) is 0 Å². The third-order valence-corrected chi connectivity index (χ3v) is 4.34. The zero-order valence-corrected chi connectivity index (χ0v) is 9.20. The van der Waals surface area contributed by atoms with Crippen LogP contribution in [0, 0.1) is 5.92 Å². The fourth-order valence-electron chi connectivity index (χ4n) is 2.24. The van der Waals surface area contributed by atoms with Crippen LogP contribution >= 0.6 is 11.8 Å². The molecule has 0 unspecified atom stereocenters. The van der Waals surface area contributed by atoms with Crippen molar-refractivity contribution in [1.29, 1.82) is 0 Å². The molecule has 0 aromatic rings. The maximum absolute atomic E-state index is 2.40. The first-order chi connectivity index (χ1) is 6.38. The molecule has 2 aliphatic rings. The molecule has 72 valence electrons. The Morgan fingerprint density at radius 2 is 2.23 bits per heavy atom. The van der Waals surface area contributed by atoms with Crippen LogP contribution in [0.1, 0.15) is 39.0 Å². The third-order valence-electron chi connectivity index (χ3n) is 3.00. The molecule has 1 aliphatic carbocycles. The molecular formula is C12H18S. The number of rotatable bonds is 0. The average Bonchev–Trinajstić information content (AvgIpc) is 2.14. The predicted molar refractivity (Wildman–Crippen MR) is 60.9 cm³/mol. The number of hydrogen-bond acceptors (Lipinski definition) is 1. The Bertz CT molecular complexity index is 238. The lowest BCUT2D eigenvalue weighted by Gasteiger charge is -2.23. The van der Waals surface area contributed by atoms with Crippen molar-refractivity contribution in [2.75, 3.05) is 5.75 Å². The lowest BCUT2D eigenvalue weighted by atomic mass is 9.93. The van der Waals surface area contributed by atoms with E-state index in [1.807, 2.05) is 0 Å². The van der Waals surface area contributed by atoms with Gasteiger partial charge in [0.2, 0.25) is 0 Å². The number of allylic oxidation sites excluding steroid dienone is 3. The van der Waals surface area contributed by atoms with E-state index in [4.69, 9.17) is 0 Å². The summed E-state index contributed by atoms with van der Waals surface area (Å²) in [6.07, 6.45) is 11.7. The van der Waals surface area contributed by atoms with E-state index in [-0.39, 0.29) is 0 Å². The third kappa shape index (κ3) is 2.19. The van der Waals surface area contributed by atoms with Crippen LogP contribution in [-0.2, 0) is 0 Å². The lowest BCUT2D eigenvalue weighted by Crippen LogP contribution is -2.06. The fourth-order valence-corrected chi connectivity index (χ4v) is 3.37. The molecular weight excluding hydrogens is 176 g/mol. The van der Waals surface area contributed by atoms with Gasteiger partial charge in [0.15, 0.2) is 0 Å². The average molecular weight is 194 g/mol. The lowest BCUT2D eigenvalue weighted by molar-refractivity contribution is 0.539. The molecule has 2 rings (SSSR count). The SMILES string of the molecule is C[C@H]1CCCCCC2=C1SCC=C2. The first kappa shape index (κ1) is 9.39. The molecule has 0 saturated heterocycles. The van der Waals surface area contributed by atoms with Crippen LogP contribution in [0.2, 0.25) is 0 Å². The van der Waals surface area contributed by atoms with Crippen molar-refractivity contribution in [2.45, 2.75) is 39.0 Å². The van der Waals surface area contributed by atoms with Crippen LogP contribution in [0.4, 0.5) is 0 Å². The summed E-state index contributed by atoms with van der Waals surface area (Å²) in [5.74, 6) is 2.02. The fraction of sp³-hybridized carbons (Fsp3) is 0.667. The van der Waals surface area contributed by atoms with Crippen molar-refractivity contribution in [2.24, 2.45) is 5.92 Å². The van der Waals surface area contributed by atoms with Crippen LogP contribution in [0.5, 0.6) is 0 Å². The molecule has 1 heterocycles. The summed E-state index contributed by atoms with van der Waals surface area (Å²) >= 11 is 2.07. The molecule has 0 fully saturated rings. The normalized spacial score (nSPS) is 29.5. The molecule has 0 nitrogen and oxygen atoms in total. The van der Waals surface area contributed by atoms with Gasteiger partial charge in [-0.2, -0.15) is 0 Å². The van der Waals surface area contributed by atoms with Crippen molar-refractivity contribution >= 4 is 11.8 Å². The summed E-state index contributed by atoms with van der Waals surface area (Å²) in [6.45, 7) is 2.40. The van der Waals surface area contributed by atoms with E-state index in [2.05, 4.69) is 30.8 Å². The monoisotopic (exact) mass is 194 g/mol. The quantitative estimate of drug-likeness (QED) is 0.558. The molecule has 0 aromatic carbocycles. The maximum atomic E-state index is 2.40. The highest BCUT2D eigenvalue weighted by molar-refractivity contribution is 8.03. The molecule has 0 spiro atoms. The van der Waals surface area contributed by atoms with Gasteiger partial charge in [0.25, 0.3) is 0 Å². The van der Waals surface area contributed by atoms with Gasteiger partial charge in [-0.1, -0.05) is 31.9 Å². The van der Waals surface area contributed by atoms with Crippen molar-refractivity contribution in [3.63, 3.8) is 0 Å². The Morgan fingerprint density at radius 3 is 3.15 bits per heavy atom. The highest BCUT2D eigenvalue weighted by Crippen LogP contribution is 2.37. The van der Waals surface area contributed by atoms with Gasteiger partial charge in [0.1, 0.15) is 0 Å². The Balaban J connectivity index is 2.21. The smallest absolute Gasteiger partial charge is 0.0161 e. The first-order valence-electron chi connectivity index (χ1n) is 5.40. The zero-order valence-electron chi connectivity index (χ0n) is 8.38. The van der Waals surface area contributed by atoms with Gasteiger partial charge in [0, 0.05) is 5.75 Å². The van der Waals surface area contributed by atoms with E-state index in [1.165, 1.54) is 37.9 Å². The van der Waals surface area contributed by atoms with E-state index >= 15 is 0 Å². The molecule has 0 aromatic heterocycles. The topological polar surface area (TPSA) is 0 Å². The molecule has 1 aliphatic heterocycles. The maximum Gasteiger partial charge on any atom is 0.0161 e. The molecule has 1 atom stereocenters. The summed E-state index contributed by atoms with van der Waals surface area (Å²) in [6, 6.07) is 0. The Morgan fingerprint density at radius 1 is 1.31 bits per heavy atom. The van der Waals surface area contributed by atoms with Crippen LogP contribution in [-0.4, -0.2) is 5.75 Å². The van der Waals surface area contributed by atoms with E-state index in [0.29, 0.717) is 0 Å². The molecule has 0 amide bonds. The van der Waals surface area contributed by atoms with E-state index in [1.54, 1.807) is 10.5 Å². The highest BCUT2D eigenvalue weighted by atomic mass is 32.2. The van der Waals surface area contributed by atoms with Crippen LogP contribution < -0.4 is 0 Å². The largest absolute Gasteiger partial charge is 0.126 e. The second-order valence-electron chi connectivity index (χ2n) is 4.10. The standard InChI is InChI=1S/C12H18S/c1-10-6-3-2-4-7-11-8-5-9-13-12(10)11/h5,8,10H,2-4,6-7,9H2,1H3/t10-/m0/s1. The minimum Gasteiger partial charge on any atom is -0.126 e. The molecule has 0 radical (unpaired) electrons. The number of hydrogen-bond donors (Lipinski definition) is 0. The van der Waals surface area contributed by atoms with Crippen molar-refractivity contribution < 1.29 is 0 Å². The summed E-state index contributed by atoms with van der Waals surface area (Å²) in [7, 11) is 0. The van der Waals surface area contributed by atoms with Crippen molar-refractivity contribution in [3.8, 4) is 0 Å². The number of thioether (sulfide) groups is 1. The second-order valence-corrected chi connectivity index (χ2v) is 5.17. The van der Waals surface area contributed by atoms with E-state index in [0.717, 1.165) is 5.92 Å². The second kappa shape index (κ2) is 4.36. The molecule has 0 N–H and O–H groups in total. The van der Waals surface area contributed by atoms with Gasteiger partial charge in [-0.05, 0) is 35.7 Å².